The number of morpholine rings is 1. The molecule has 0 aromatic heterocycles. The average Bonchev–Trinajstić information content (AvgIpc) is 2.94. The molecule has 0 saturated carbocycles. The molecule has 4 atom stereocenters. The molecule has 2 aromatic carbocycles. The Labute approximate surface area is 238 Å². The zero-order valence-corrected chi connectivity index (χ0v) is 22.7. The van der Waals surface area contributed by atoms with Gasteiger partial charge in [-0.15, -0.1) is 12.4 Å². The van der Waals surface area contributed by atoms with Gasteiger partial charge in [0.25, 0.3) is 0 Å². The second-order valence-electron chi connectivity index (χ2n) is 9.89. The van der Waals surface area contributed by atoms with Crippen molar-refractivity contribution >= 4 is 30.1 Å². The molecule has 3 amide bonds. The maximum atomic E-state index is 13.6. The van der Waals surface area contributed by atoms with E-state index < -0.39 is 36.0 Å². The van der Waals surface area contributed by atoms with Crippen molar-refractivity contribution in [2.24, 2.45) is 11.5 Å². The minimum atomic E-state index is -1.24. The van der Waals surface area contributed by atoms with E-state index in [4.69, 9.17) is 16.2 Å². The number of amides is 3. The summed E-state index contributed by atoms with van der Waals surface area (Å²) in [6, 6.07) is 6.36. The number of hydrogen-bond acceptors (Lipinski definition) is 9. The zero-order valence-electron chi connectivity index (χ0n) is 21.9. The molecule has 4 rings (SSSR count). The molecule has 218 valence electrons. The smallest absolute Gasteiger partial charge is 0.245 e. The molecule has 0 unspecified atom stereocenters. The van der Waals surface area contributed by atoms with Gasteiger partial charge in [-0.3, -0.25) is 14.4 Å². The third-order valence-electron chi connectivity index (χ3n) is 7.04. The third-order valence-corrected chi connectivity index (χ3v) is 7.04. The van der Waals surface area contributed by atoms with E-state index in [0.29, 0.717) is 48.6 Å². The van der Waals surface area contributed by atoms with Crippen LogP contribution in [0.4, 0.5) is 0 Å². The van der Waals surface area contributed by atoms with Crippen LogP contribution in [0.3, 0.4) is 0 Å². The van der Waals surface area contributed by atoms with Crippen LogP contribution in [0, 0.1) is 0 Å². The second-order valence-corrected chi connectivity index (χ2v) is 9.89. The van der Waals surface area contributed by atoms with Gasteiger partial charge in [0.2, 0.25) is 17.7 Å². The number of aliphatic hydroxyl groups excluding tert-OH is 1. The van der Waals surface area contributed by atoms with Gasteiger partial charge >= 0.3 is 0 Å². The topological polar surface area (TPSA) is 200 Å². The quantitative estimate of drug-likeness (QED) is 0.242. The molecule has 0 radical (unpaired) electrons. The summed E-state index contributed by atoms with van der Waals surface area (Å²) >= 11 is 0. The van der Waals surface area contributed by atoms with Gasteiger partial charge in [0.05, 0.1) is 25.4 Å². The Balaban J connectivity index is 0.00000441. The summed E-state index contributed by atoms with van der Waals surface area (Å²) in [5.74, 6) is -1.85. The molecule has 13 heteroatoms. The molecule has 0 spiro atoms. The number of ether oxygens (including phenoxy) is 1. The maximum absolute atomic E-state index is 13.6. The predicted molar refractivity (Wildman–Crippen MR) is 149 cm³/mol. The van der Waals surface area contributed by atoms with Crippen LogP contribution in [-0.2, 0) is 32.0 Å². The van der Waals surface area contributed by atoms with Crippen LogP contribution < -0.4 is 22.1 Å². The van der Waals surface area contributed by atoms with Crippen LogP contribution in [0.1, 0.15) is 17.5 Å². The van der Waals surface area contributed by atoms with E-state index in [-0.39, 0.29) is 55.6 Å². The van der Waals surface area contributed by atoms with E-state index in [2.05, 4.69) is 10.6 Å². The molecule has 12 nitrogen and oxygen atoms in total. The fourth-order valence-corrected chi connectivity index (χ4v) is 4.76. The number of nitrogens with zero attached hydrogens (tertiary/aromatic N) is 1. The van der Waals surface area contributed by atoms with Crippen LogP contribution in [-0.4, -0.2) is 95.0 Å². The van der Waals surface area contributed by atoms with E-state index in [9.17, 15) is 29.7 Å². The number of halogens is 1. The van der Waals surface area contributed by atoms with Crippen molar-refractivity contribution in [3.05, 3.63) is 47.5 Å². The first-order valence-electron chi connectivity index (χ1n) is 12.9. The summed E-state index contributed by atoms with van der Waals surface area (Å²) in [6.07, 6.45) is -1.37. The molecule has 2 heterocycles. The fraction of sp³-hybridized carbons (Fsp3) is 0.444. The van der Waals surface area contributed by atoms with Crippen LogP contribution in [0.2, 0.25) is 0 Å². The molecular formula is C27H36ClN5O7. The molecule has 0 aliphatic carbocycles. The van der Waals surface area contributed by atoms with Gasteiger partial charge in [-0.25, -0.2) is 0 Å². The van der Waals surface area contributed by atoms with Crippen molar-refractivity contribution in [3.8, 4) is 22.6 Å². The highest BCUT2D eigenvalue weighted by atomic mass is 35.5. The second kappa shape index (κ2) is 13.8. The van der Waals surface area contributed by atoms with Crippen LogP contribution in [0.25, 0.3) is 11.1 Å². The van der Waals surface area contributed by atoms with E-state index in [0.717, 1.165) is 0 Å². The van der Waals surface area contributed by atoms with Crippen molar-refractivity contribution in [2.75, 3.05) is 32.8 Å². The van der Waals surface area contributed by atoms with Gasteiger partial charge in [0, 0.05) is 38.9 Å². The number of carbonyl (C=O) groups is 3. The van der Waals surface area contributed by atoms with Gasteiger partial charge in [-0.2, -0.15) is 0 Å². The first-order valence-corrected chi connectivity index (χ1v) is 12.9. The molecule has 1 saturated heterocycles. The first kappa shape index (κ1) is 31.1. The molecule has 2 aromatic rings. The summed E-state index contributed by atoms with van der Waals surface area (Å²) in [6.45, 7) is 1.25. The van der Waals surface area contributed by atoms with Gasteiger partial charge in [0.1, 0.15) is 23.6 Å². The molecule has 2 aliphatic rings. The largest absolute Gasteiger partial charge is 0.508 e. The van der Waals surface area contributed by atoms with E-state index in [1.54, 1.807) is 29.2 Å². The average molecular weight is 578 g/mol. The van der Waals surface area contributed by atoms with E-state index >= 15 is 0 Å². The van der Waals surface area contributed by atoms with Crippen LogP contribution in [0.15, 0.2) is 36.4 Å². The highest BCUT2D eigenvalue weighted by Gasteiger charge is 2.33. The number of aromatic hydroxyl groups is 2. The lowest BCUT2D eigenvalue weighted by Gasteiger charge is -2.32. The lowest BCUT2D eigenvalue weighted by atomic mass is 9.95. The number of nitrogens with one attached hydrogen (secondary N) is 2. The van der Waals surface area contributed by atoms with Gasteiger partial charge in [-0.1, -0.05) is 12.1 Å². The highest BCUT2D eigenvalue weighted by Crippen LogP contribution is 2.31. The Bertz CT molecular complexity index is 1220. The minimum Gasteiger partial charge on any atom is -0.508 e. The Morgan fingerprint density at radius 3 is 2.12 bits per heavy atom. The summed E-state index contributed by atoms with van der Waals surface area (Å²) in [5.41, 5.74) is 13.9. The number of carbonyl (C=O) groups excluding carboxylic acids is 3. The Morgan fingerprint density at radius 1 is 0.975 bits per heavy atom. The molecule has 40 heavy (non-hydrogen) atoms. The van der Waals surface area contributed by atoms with Gasteiger partial charge in [0.15, 0.2) is 0 Å². The summed E-state index contributed by atoms with van der Waals surface area (Å²) < 4.78 is 5.35. The SMILES string of the molecule is Cl.NC[C@H](O)C[C@@H]1NC(=O)[C@@H](N)Cc2cc(ccc2O)-c2ccc(O)c(c2)C[C@@H](C(=O)N2CCOCC2)NC1=O. The molecule has 4 bridgehead atoms. The van der Waals surface area contributed by atoms with Crippen molar-refractivity contribution in [3.63, 3.8) is 0 Å². The fourth-order valence-electron chi connectivity index (χ4n) is 4.76. The minimum absolute atomic E-state index is 0. The number of fused-ring (bicyclic) bond motifs is 5. The van der Waals surface area contributed by atoms with Crippen LogP contribution in [0.5, 0.6) is 11.5 Å². The Morgan fingerprint density at radius 2 is 1.55 bits per heavy atom. The third kappa shape index (κ3) is 7.40. The highest BCUT2D eigenvalue weighted by molar-refractivity contribution is 5.93. The molecular weight excluding hydrogens is 542 g/mol. The number of rotatable bonds is 4. The maximum Gasteiger partial charge on any atom is 0.245 e. The summed E-state index contributed by atoms with van der Waals surface area (Å²) in [7, 11) is 0. The monoisotopic (exact) mass is 577 g/mol. The van der Waals surface area contributed by atoms with Gasteiger partial charge < -0.3 is 47.1 Å². The van der Waals surface area contributed by atoms with Crippen LogP contribution >= 0.6 is 12.4 Å². The van der Waals surface area contributed by atoms with Crippen molar-refractivity contribution in [1.82, 2.24) is 15.5 Å². The van der Waals surface area contributed by atoms with Crippen molar-refractivity contribution in [1.29, 1.82) is 0 Å². The lowest BCUT2D eigenvalue weighted by molar-refractivity contribution is -0.140. The first-order chi connectivity index (χ1) is 18.7. The number of benzene rings is 2. The summed E-state index contributed by atoms with van der Waals surface area (Å²) in [4.78, 5) is 41.6. The molecule has 2 aliphatic heterocycles. The normalized spacial score (nSPS) is 22.6. The number of hydrogen-bond donors (Lipinski definition) is 7. The van der Waals surface area contributed by atoms with E-state index in [1.165, 1.54) is 12.1 Å². The van der Waals surface area contributed by atoms with Gasteiger partial charge in [-0.05, 0) is 46.5 Å². The number of phenols is 2. The number of nitrogens with two attached hydrogens (primary N) is 2. The predicted octanol–water partition coefficient (Wildman–Crippen LogP) is -0.849. The molecule has 9 N–H and O–H groups in total. The van der Waals surface area contributed by atoms with Crippen molar-refractivity contribution in [2.45, 2.75) is 43.5 Å². The number of aliphatic hydroxyl groups is 1. The summed E-state index contributed by atoms with van der Waals surface area (Å²) in [5, 5.41) is 36.6. The zero-order chi connectivity index (χ0) is 28.1. The Kier molecular flexibility index (Phi) is 10.7. The van der Waals surface area contributed by atoms with E-state index in [1.807, 2.05) is 0 Å². The Hall–Kier alpha value is -3.42. The lowest BCUT2D eigenvalue weighted by Crippen LogP contribution is -2.58. The molecule has 1 fully saturated rings. The standard InChI is InChI=1S/C27H35N5O7.ClH/c28-14-19(33)13-21-26(37)31-22(27(38)32-5-7-39-8-6-32)12-18-10-16(2-4-24(18)35)15-1-3-23(34)17(9-15)11-20(29)25(36)30-21;/h1-4,9-10,19-22,33-35H,5-8,11-14,28-29H2,(H,30,36)(H,31,37);1H/t19-,20+,21+,22+;/m1./s1. The van der Waals surface area contributed by atoms with Crippen molar-refractivity contribution < 1.29 is 34.4 Å². The number of phenolic OH excluding ortho intramolecular Hbond substituents is 2.